The molecule has 2 fully saturated rings. The number of rotatable bonds is 0. The van der Waals surface area contributed by atoms with Crippen LogP contribution in [0.4, 0.5) is 0 Å². The van der Waals surface area contributed by atoms with E-state index in [1.807, 2.05) is 0 Å². The van der Waals surface area contributed by atoms with Crippen molar-refractivity contribution in [2.24, 2.45) is 0 Å². The lowest BCUT2D eigenvalue weighted by Crippen LogP contribution is -2.40. The summed E-state index contributed by atoms with van der Waals surface area (Å²) in [6.07, 6.45) is 8.28. The van der Waals surface area contributed by atoms with Gasteiger partial charge in [-0.25, -0.2) is 0 Å². The van der Waals surface area contributed by atoms with E-state index in [1.54, 1.807) is 0 Å². The zero-order valence-electron chi connectivity index (χ0n) is 7.18. The second-order valence-electron chi connectivity index (χ2n) is 3.80. The van der Waals surface area contributed by atoms with Crippen LogP contribution in [0, 0.1) is 0 Å². The molecule has 62 valence electrons. The van der Waals surface area contributed by atoms with Crippen LogP contribution >= 0.6 is 0 Å². The summed E-state index contributed by atoms with van der Waals surface area (Å²) >= 11 is 0. The van der Waals surface area contributed by atoms with Gasteiger partial charge in [0.2, 0.25) is 0 Å². The quantitative estimate of drug-likeness (QED) is 0.514. The molecule has 2 saturated heterocycles. The largest absolute Gasteiger partial charge is 0.372 e. The lowest BCUT2D eigenvalue weighted by molar-refractivity contribution is 0.153. The minimum absolute atomic E-state index is 0.866. The van der Waals surface area contributed by atoms with E-state index >= 15 is 0 Å². The standard InChI is InChI=1S/C10H17N/c1-9-5-4-7-10-6-2-3-8-11(9)10/h10H,1-8H2. The lowest BCUT2D eigenvalue weighted by atomic mass is 9.92. The molecule has 11 heavy (non-hydrogen) atoms. The molecule has 0 saturated carbocycles. The number of hydrogen-bond acceptors (Lipinski definition) is 1. The molecule has 1 atom stereocenters. The van der Waals surface area contributed by atoms with Crippen LogP contribution in [0.15, 0.2) is 12.3 Å². The van der Waals surface area contributed by atoms with Crippen molar-refractivity contribution in [1.29, 1.82) is 0 Å². The Balaban J connectivity index is 2.05. The van der Waals surface area contributed by atoms with E-state index in [2.05, 4.69) is 11.5 Å². The fraction of sp³-hybridized carbons (Fsp3) is 0.800. The van der Waals surface area contributed by atoms with E-state index in [4.69, 9.17) is 0 Å². The molecule has 2 heterocycles. The summed E-state index contributed by atoms with van der Waals surface area (Å²) in [4.78, 5) is 2.55. The van der Waals surface area contributed by atoms with Gasteiger partial charge in [-0.1, -0.05) is 6.58 Å². The Kier molecular flexibility index (Phi) is 1.89. The maximum atomic E-state index is 4.12. The highest BCUT2D eigenvalue weighted by atomic mass is 15.2. The average molecular weight is 151 g/mol. The van der Waals surface area contributed by atoms with E-state index in [-0.39, 0.29) is 0 Å². The Hall–Kier alpha value is -0.460. The maximum Gasteiger partial charge on any atom is 0.0286 e. The Morgan fingerprint density at radius 2 is 2.00 bits per heavy atom. The van der Waals surface area contributed by atoms with Crippen LogP contribution in [0.2, 0.25) is 0 Å². The van der Waals surface area contributed by atoms with Crippen molar-refractivity contribution in [3.8, 4) is 0 Å². The van der Waals surface area contributed by atoms with Crippen molar-refractivity contribution in [2.75, 3.05) is 6.54 Å². The van der Waals surface area contributed by atoms with Crippen LogP contribution in [0.5, 0.6) is 0 Å². The first-order chi connectivity index (χ1) is 5.38. The molecule has 1 nitrogen and oxygen atoms in total. The van der Waals surface area contributed by atoms with Crippen molar-refractivity contribution in [3.63, 3.8) is 0 Å². The van der Waals surface area contributed by atoms with Gasteiger partial charge in [-0.05, 0) is 38.5 Å². The van der Waals surface area contributed by atoms with Crippen LogP contribution < -0.4 is 0 Å². The molecular weight excluding hydrogens is 134 g/mol. The minimum Gasteiger partial charge on any atom is -0.372 e. The third kappa shape index (κ3) is 1.29. The number of allylic oxidation sites excluding steroid dienone is 1. The summed E-state index contributed by atoms with van der Waals surface area (Å²) in [5.41, 5.74) is 1.40. The maximum absolute atomic E-state index is 4.12. The molecule has 2 rings (SSSR count). The van der Waals surface area contributed by atoms with Gasteiger partial charge in [0.15, 0.2) is 0 Å². The van der Waals surface area contributed by atoms with Gasteiger partial charge in [0.05, 0.1) is 0 Å². The third-order valence-electron chi connectivity index (χ3n) is 3.04. The first-order valence-electron chi connectivity index (χ1n) is 4.82. The van der Waals surface area contributed by atoms with Crippen molar-refractivity contribution in [2.45, 2.75) is 44.6 Å². The molecule has 0 radical (unpaired) electrons. The molecule has 1 unspecified atom stereocenters. The molecule has 0 aromatic heterocycles. The highest BCUT2D eigenvalue weighted by Crippen LogP contribution is 2.30. The molecule has 1 heteroatoms. The van der Waals surface area contributed by atoms with Crippen molar-refractivity contribution in [3.05, 3.63) is 12.3 Å². The van der Waals surface area contributed by atoms with Gasteiger partial charge in [0.1, 0.15) is 0 Å². The molecule has 0 aliphatic carbocycles. The Morgan fingerprint density at radius 1 is 1.18 bits per heavy atom. The molecule has 0 aromatic rings. The first-order valence-corrected chi connectivity index (χ1v) is 4.82. The van der Waals surface area contributed by atoms with Gasteiger partial charge >= 0.3 is 0 Å². The van der Waals surface area contributed by atoms with E-state index in [0.717, 1.165) is 6.04 Å². The van der Waals surface area contributed by atoms with Gasteiger partial charge in [0, 0.05) is 18.3 Å². The molecule has 0 amide bonds. The first kappa shape index (κ1) is 7.20. The number of nitrogens with zero attached hydrogens (tertiary/aromatic N) is 1. The van der Waals surface area contributed by atoms with E-state index < -0.39 is 0 Å². The van der Waals surface area contributed by atoms with Gasteiger partial charge in [-0.15, -0.1) is 0 Å². The predicted octanol–water partition coefficient (Wildman–Crippen LogP) is 2.54. The van der Waals surface area contributed by atoms with Gasteiger partial charge in [-0.3, -0.25) is 0 Å². The monoisotopic (exact) mass is 151 g/mol. The fourth-order valence-electron chi connectivity index (χ4n) is 2.40. The summed E-state index contributed by atoms with van der Waals surface area (Å²) in [7, 11) is 0. The molecule has 2 aliphatic heterocycles. The second kappa shape index (κ2) is 2.88. The molecule has 0 N–H and O–H groups in total. The van der Waals surface area contributed by atoms with Crippen LogP contribution in [0.25, 0.3) is 0 Å². The summed E-state index contributed by atoms with van der Waals surface area (Å²) in [5.74, 6) is 0. The van der Waals surface area contributed by atoms with Gasteiger partial charge in [-0.2, -0.15) is 0 Å². The van der Waals surface area contributed by atoms with Gasteiger partial charge < -0.3 is 4.90 Å². The molecule has 0 spiro atoms. The zero-order chi connectivity index (χ0) is 7.68. The second-order valence-corrected chi connectivity index (χ2v) is 3.80. The van der Waals surface area contributed by atoms with Gasteiger partial charge in [0.25, 0.3) is 0 Å². The van der Waals surface area contributed by atoms with Crippen LogP contribution in [0.3, 0.4) is 0 Å². The van der Waals surface area contributed by atoms with Crippen LogP contribution in [0.1, 0.15) is 38.5 Å². The predicted molar refractivity (Wildman–Crippen MR) is 47.3 cm³/mol. The fourth-order valence-corrected chi connectivity index (χ4v) is 2.40. The topological polar surface area (TPSA) is 3.24 Å². The number of fused-ring (bicyclic) bond motifs is 1. The molecule has 2 aliphatic rings. The number of piperidine rings is 2. The van der Waals surface area contributed by atoms with Crippen molar-refractivity contribution >= 4 is 0 Å². The normalized spacial score (nSPS) is 31.8. The van der Waals surface area contributed by atoms with Crippen molar-refractivity contribution in [1.82, 2.24) is 4.90 Å². The lowest BCUT2D eigenvalue weighted by Gasteiger charge is -2.42. The summed E-state index contributed by atoms with van der Waals surface area (Å²) in [5, 5.41) is 0. The molecule has 0 aromatic carbocycles. The highest BCUT2D eigenvalue weighted by Gasteiger charge is 2.25. The highest BCUT2D eigenvalue weighted by molar-refractivity contribution is 5.02. The van der Waals surface area contributed by atoms with Crippen molar-refractivity contribution < 1.29 is 0 Å². The number of hydrogen-bond donors (Lipinski definition) is 0. The third-order valence-corrected chi connectivity index (χ3v) is 3.04. The zero-order valence-corrected chi connectivity index (χ0v) is 7.18. The Labute approximate surface area is 69.1 Å². The SMILES string of the molecule is C=C1CCCC2CCCCN12. The summed E-state index contributed by atoms with van der Waals surface area (Å²) in [6, 6.07) is 0.866. The average Bonchev–Trinajstić information content (AvgIpc) is 2.06. The summed E-state index contributed by atoms with van der Waals surface area (Å²) < 4.78 is 0. The van der Waals surface area contributed by atoms with E-state index in [9.17, 15) is 0 Å². The van der Waals surface area contributed by atoms with Crippen LogP contribution in [-0.2, 0) is 0 Å². The van der Waals surface area contributed by atoms with E-state index in [0.29, 0.717) is 0 Å². The van der Waals surface area contributed by atoms with E-state index in [1.165, 1.54) is 50.8 Å². The van der Waals surface area contributed by atoms with Crippen LogP contribution in [-0.4, -0.2) is 17.5 Å². The smallest absolute Gasteiger partial charge is 0.0286 e. The molecule has 0 bridgehead atoms. The summed E-state index contributed by atoms with van der Waals surface area (Å²) in [6.45, 7) is 5.41. The Morgan fingerprint density at radius 3 is 2.82 bits per heavy atom. The minimum atomic E-state index is 0.866. The molecular formula is C10H17N. The Bertz CT molecular complexity index is 160.